The van der Waals surface area contributed by atoms with Gasteiger partial charge in [0.2, 0.25) is 0 Å². The molecule has 1 aromatic heterocycles. The molecule has 114 valence electrons. The van der Waals surface area contributed by atoms with Crippen molar-refractivity contribution < 1.29 is 9.53 Å². The highest BCUT2D eigenvalue weighted by Gasteiger charge is 2.10. The Hall–Kier alpha value is -2.04. The fourth-order valence-corrected chi connectivity index (χ4v) is 2.34. The van der Waals surface area contributed by atoms with Crippen molar-refractivity contribution in [3.8, 4) is 0 Å². The number of benzene rings is 1. The molecule has 0 radical (unpaired) electrons. The lowest BCUT2D eigenvalue weighted by Gasteiger charge is -2.07. The highest BCUT2D eigenvalue weighted by molar-refractivity contribution is 5.80. The van der Waals surface area contributed by atoms with E-state index < -0.39 is 0 Å². The first-order chi connectivity index (χ1) is 10.0. The van der Waals surface area contributed by atoms with Crippen LogP contribution in [0.15, 0.2) is 18.2 Å². The predicted molar refractivity (Wildman–Crippen MR) is 84.4 cm³/mol. The minimum Gasteiger partial charge on any atom is -0.463 e. The smallest absolute Gasteiger partial charge is 0.306 e. The minimum atomic E-state index is -0.138. The van der Waals surface area contributed by atoms with Gasteiger partial charge in [0.25, 0.3) is 0 Å². The average molecular weight is 289 g/mol. The van der Waals surface area contributed by atoms with Gasteiger partial charge >= 0.3 is 5.97 Å². The van der Waals surface area contributed by atoms with E-state index in [2.05, 4.69) is 20.9 Å². The van der Waals surface area contributed by atoms with Crippen LogP contribution in [-0.4, -0.2) is 28.7 Å². The molecule has 0 fully saturated rings. The van der Waals surface area contributed by atoms with Crippen LogP contribution in [0.4, 0.5) is 5.69 Å². The molecule has 1 heterocycles. The molecule has 0 aliphatic carbocycles. The van der Waals surface area contributed by atoms with Crippen LogP contribution >= 0.6 is 0 Å². The predicted octanol–water partition coefficient (Wildman–Crippen LogP) is 2.89. The second-order valence-corrected chi connectivity index (χ2v) is 5.43. The lowest BCUT2D eigenvalue weighted by atomic mass is 10.2. The van der Waals surface area contributed by atoms with Gasteiger partial charge in [-0.15, -0.1) is 0 Å². The Bertz CT molecular complexity index is 632. The van der Waals surface area contributed by atoms with Crippen LogP contribution in [-0.2, 0) is 23.0 Å². The molecule has 0 bridgehead atoms. The number of ether oxygens (including phenoxy) is 1. The first-order valence-electron chi connectivity index (χ1n) is 7.34. The van der Waals surface area contributed by atoms with Gasteiger partial charge in [-0.25, -0.2) is 4.98 Å². The Kier molecular flexibility index (Phi) is 4.83. The van der Waals surface area contributed by atoms with E-state index in [0.29, 0.717) is 6.42 Å². The van der Waals surface area contributed by atoms with Crippen molar-refractivity contribution in [3.63, 3.8) is 0 Å². The molecule has 0 atom stereocenters. The monoisotopic (exact) mass is 289 g/mol. The quantitative estimate of drug-likeness (QED) is 0.831. The van der Waals surface area contributed by atoms with Gasteiger partial charge in [0, 0.05) is 32.6 Å². The standard InChI is InChI=1S/C16H23N3O2/c1-11(2)21-16(20)7-5-6-15-18-13-10-12(17-3)8-9-14(13)19(15)4/h8-11,17H,5-7H2,1-4H3. The summed E-state index contributed by atoms with van der Waals surface area (Å²) >= 11 is 0. The van der Waals surface area contributed by atoms with Gasteiger partial charge < -0.3 is 14.6 Å². The highest BCUT2D eigenvalue weighted by atomic mass is 16.5. The summed E-state index contributed by atoms with van der Waals surface area (Å²) in [5, 5.41) is 3.11. The summed E-state index contributed by atoms with van der Waals surface area (Å²) in [4.78, 5) is 16.2. The second-order valence-electron chi connectivity index (χ2n) is 5.43. The number of carbonyl (C=O) groups excluding carboxylic acids is 1. The number of aryl methyl sites for hydroxylation is 2. The zero-order chi connectivity index (χ0) is 15.4. The summed E-state index contributed by atoms with van der Waals surface area (Å²) in [5.74, 6) is 0.858. The molecular weight excluding hydrogens is 266 g/mol. The molecule has 0 aliphatic rings. The Balaban J connectivity index is 2.02. The van der Waals surface area contributed by atoms with E-state index in [9.17, 15) is 4.79 Å². The normalized spacial score (nSPS) is 11.1. The van der Waals surface area contributed by atoms with Crippen molar-refractivity contribution in [3.05, 3.63) is 24.0 Å². The minimum absolute atomic E-state index is 0.0479. The van der Waals surface area contributed by atoms with Crippen LogP contribution in [0.3, 0.4) is 0 Å². The maximum atomic E-state index is 11.5. The SMILES string of the molecule is CNc1ccc2c(c1)nc(CCCC(=O)OC(C)C)n2C. The van der Waals surface area contributed by atoms with Crippen molar-refractivity contribution in [2.75, 3.05) is 12.4 Å². The van der Waals surface area contributed by atoms with E-state index in [1.807, 2.05) is 40.1 Å². The topological polar surface area (TPSA) is 56.1 Å². The summed E-state index contributed by atoms with van der Waals surface area (Å²) in [6.45, 7) is 3.73. The van der Waals surface area contributed by atoms with Gasteiger partial charge in [-0.3, -0.25) is 4.79 Å². The largest absolute Gasteiger partial charge is 0.463 e. The van der Waals surface area contributed by atoms with Crippen LogP contribution in [0.1, 0.15) is 32.5 Å². The summed E-state index contributed by atoms with van der Waals surface area (Å²) in [6.07, 6.45) is 1.91. The Morgan fingerprint density at radius 3 is 2.86 bits per heavy atom. The molecule has 21 heavy (non-hydrogen) atoms. The highest BCUT2D eigenvalue weighted by Crippen LogP contribution is 2.20. The number of aromatic nitrogens is 2. The maximum absolute atomic E-state index is 11.5. The zero-order valence-corrected chi connectivity index (χ0v) is 13.1. The number of nitrogens with one attached hydrogen (secondary N) is 1. The van der Waals surface area contributed by atoms with Gasteiger partial charge in [-0.1, -0.05) is 0 Å². The third-order valence-electron chi connectivity index (χ3n) is 3.41. The van der Waals surface area contributed by atoms with E-state index >= 15 is 0 Å². The van der Waals surface area contributed by atoms with Crippen LogP contribution in [0, 0.1) is 0 Å². The number of nitrogens with zero attached hydrogens (tertiary/aromatic N) is 2. The molecule has 5 heteroatoms. The molecule has 5 nitrogen and oxygen atoms in total. The summed E-state index contributed by atoms with van der Waals surface area (Å²) in [5.41, 5.74) is 3.13. The van der Waals surface area contributed by atoms with Crippen LogP contribution in [0.5, 0.6) is 0 Å². The molecule has 0 spiro atoms. The number of carbonyl (C=O) groups is 1. The fraction of sp³-hybridized carbons (Fsp3) is 0.500. The summed E-state index contributed by atoms with van der Waals surface area (Å²) in [6, 6.07) is 6.13. The van der Waals surface area contributed by atoms with Crippen molar-refractivity contribution in [1.29, 1.82) is 0 Å². The van der Waals surface area contributed by atoms with Crippen LogP contribution in [0.25, 0.3) is 11.0 Å². The van der Waals surface area contributed by atoms with Crippen molar-refractivity contribution >= 4 is 22.7 Å². The number of hydrogen-bond acceptors (Lipinski definition) is 4. The number of anilines is 1. The second kappa shape index (κ2) is 6.61. The molecule has 2 rings (SSSR count). The zero-order valence-electron chi connectivity index (χ0n) is 13.1. The molecule has 0 saturated carbocycles. The molecule has 2 aromatic rings. The first kappa shape index (κ1) is 15.4. The van der Waals surface area contributed by atoms with E-state index in [1.54, 1.807) is 0 Å². The Morgan fingerprint density at radius 2 is 2.19 bits per heavy atom. The Morgan fingerprint density at radius 1 is 1.43 bits per heavy atom. The first-order valence-corrected chi connectivity index (χ1v) is 7.34. The van der Waals surface area contributed by atoms with E-state index in [-0.39, 0.29) is 12.1 Å². The lowest BCUT2D eigenvalue weighted by Crippen LogP contribution is -2.11. The van der Waals surface area contributed by atoms with Crippen molar-refractivity contribution in [1.82, 2.24) is 9.55 Å². The molecule has 1 N–H and O–H groups in total. The van der Waals surface area contributed by atoms with Gasteiger partial charge in [-0.05, 0) is 38.5 Å². The average Bonchev–Trinajstić information content (AvgIpc) is 2.74. The third-order valence-corrected chi connectivity index (χ3v) is 3.41. The number of rotatable bonds is 6. The van der Waals surface area contributed by atoms with Crippen molar-refractivity contribution in [2.24, 2.45) is 7.05 Å². The van der Waals surface area contributed by atoms with Gasteiger partial charge in [0.1, 0.15) is 5.82 Å². The van der Waals surface area contributed by atoms with Crippen LogP contribution < -0.4 is 5.32 Å². The molecule has 0 amide bonds. The van der Waals surface area contributed by atoms with Gasteiger partial charge in [-0.2, -0.15) is 0 Å². The maximum Gasteiger partial charge on any atom is 0.306 e. The number of hydrogen-bond donors (Lipinski definition) is 1. The molecule has 0 saturated heterocycles. The molecule has 1 aromatic carbocycles. The van der Waals surface area contributed by atoms with Crippen molar-refractivity contribution in [2.45, 2.75) is 39.2 Å². The lowest BCUT2D eigenvalue weighted by molar-refractivity contribution is -0.147. The van der Waals surface area contributed by atoms with Gasteiger partial charge in [0.05, 0.1) is 17.1 Å². The number of esters is 1. The van der Waals surface area contributed by atoms with E-state index in [0.717, 1.165) is 35.4 Å². The van der Waals surface area contributed by atoms with Crippen LogP contribution in [0.2, 0.25) is 0 Å². The molecular formula is C16H23N3O2. The molecule has 0 unspecified atom stereocenters. The number of imidazole rings is 1. The van der Waals surface area contributed by atoms with Gasteiger partial charge in [0.15, 0.2) is 0 Å². The summed E-state index contributed by atoms with van der Waals surface area (Å²) in [7, 11) is 3.90. The third kappa shape index (κ3) is 3.74. The molecule has 0 aliphatic heterocycles. The Labute approximate surface area is 125 Å². The van der Waals surface area contributed by atoms with E-state index in [4.69, 9.17) is 4.74 Å². The number of fused-ring (bicyclic) bond motifs is 1. The summed E-state index contributed by atoms with van der Waals surface area (Å²) < 4.78 is 7.22. The van der Waals surface area contributed by atoms with E-state index in [1.165, 1.54) is 0 Å². The fourth-order valence-electron chi connectivity index (χ4n) is 2.34.